The first-order valence-electron chi connectivity index (χ1n) is 8.52. The Bertz CT molecular complexity index is 805. The number of para-hydroxylation sites is 1. The Kier molecular flexibility index (Phi) is 5.89. The monoisotopic (exact) mass is 330 g/mol. The highest BCUT2D eigenvalue weighted by Crippen LogP contribution is 2.22. The van der Waals surface area contributed by atoms with Crippen molar-refractivity contribution in [2.75, 3.05) is 6.61 Å². The van der Waals surface area contributed by atoms with Crippen LogP contribution in [0.4, 0.5) is 0 Å². The van der Waals surface area contributed by atoms with E-state index in [4.69, 9.17) is 9.47 Å². The molecule has 0 aliphatic carbocycles. The number of ether oxygens (including phenoxy) is 2. The maximum Gasteiger partial charge on any atom is 0.127 e. The molecule has 3 aromatic carbocycles. The van der Waals surface area contributed by atoms with Crippen molar-refractivity contribution in [2.24, 2.45) is 0 Å². The van der Waals surface area contributed by atoms with Crippen molar-refractivity contribution in [3.05, 3.63) is 95.6 Å². The molecule has 3 aromatic rings. The normalized spacial score (nSPS) is 10.8. The number of benzene rings is 3. The highest BCUT2D eigenvalue weighted by Gasteiger charge is 2.01. The Morgan fingerprint density at radius 1 is 0.720 bits per heavy atom. The van der Waals surface area contributed by atoms with Gasteiger partial charge in [-0.05, 0) is 36.2 Å². The SMILES string of the molecule is CCOc1ccc(/C=C/c2ccccc2OCc2ccccc2)cc1. The molecular formula is C23H22O2. The largest absolute Gasteiger partial charge is 0.494 e. The van der Waals surface area contributed by atoms with Gasteiger partial charge in [0.2, 0.25) is 0 Å². The van der Waals surface area contributed by atoms with Gasteiger partial charge in [0.25, 0.3) is 0 Å². The van der Waals surface area contributed by atoms with E-state index >= 15 is 0 Å². The number of rotatable bonds is 7. The van der Waals surface area contributed by atoms with E-state index in [2.05, 4.69) is 42.5 Å². The summed E-state index contributed by atoms with van der Waals surface area (Å²) in [5.41, 5.74) is 3.35. The van der Waals surface area contributed by atoms with E-state index in [0.717, 1.165) is 28.2 Å². The average molecular weight is 330 g/mol. The zero-order chi connectivity index (χ0) is 17.3. The van der Waals surface area contributed by atoms with Gasteiger partial charge in [-0.25, -0.2) is 0 Å². The van der Waals surface area contributed by atoms with Crippen LogP contribution in [0.1, 0.15) is 23.6 Å². The lowest BCUT2D eigenvalue weighted by Gasteiger charge is -2.09. The summed E-state index contributed by atoms with van der Waals surface area (Å²) in [5.74, 6) is 1.78. The van der Waals surface area contributed by atoms with Crippen molar-refractivity contribution in [2.45, 2.75) is 13.5 Å². The fourth-order valence-electron chi connectivity index (χ4n) is 2.51. The maximum atomic E-state index is 5.99. The summed E-state index contributed by atoms with van der Waals surface area (Å²) in [4.78, 5) is 0. The summed E-state index contributed by atoms with van der Waals surface area (Å²) < 4.78 is 11.5. The summed E-state index contributed by atoms with van der Waals surface area (Å²) in [5, 5.41) is 0. The predicted octanol–water partition coefficient (Wildman–Crippen LogP) is 5.83. The molecule has 3 rings (SSSR count). The molecule has 126 valence electrons. The summed E-state index contributed by atoms with van der Waals surface area (Å²) in [6.45, 7) is 3.23. The van der Waals surface area contributed by atoms with Gasteiger partial charge in [0.15, 0.2) is 0 Å². The van der Waals surface area contributed by atoms with Gasteiger partial charge in [0, 0.05) is 5.56 Å². The van der Waals surface area contributed by atoms with Crippen LogP contribution in [0, 0.1) is 0 Å². The van der Waals surface area contributed by atoms with Crippen molar-refractivity contribution >= 4 is 12.2 Å². The van der Waals surface area contributed by atoms with E-state index in [1.54, 1.807) is 0 Å². The summed E-state index contributed by atoms with van der Waals surface area (Å²) in [6, 6.07) is 26.3. The third-order valence-corrected chi connectivity index (χ3v) is 3.80. The van der Waals surface area contributed by atoms with Gasteiger partial charge in [-0.2, -0.15) is 0 Å². The molecule has 0 spiro atoms. The molecule has 2 heteroatoms. The minimum atomic E-state index is 0.564. The first kappa shape index (κ1) is 16.8. The Balaban J connectivity index is 1.69. The molecule has 0 saturated heterocycles. The van der Waals surface area contributed by atoms with Crippen molar-refractivity contribution in [1.29, 1.82) is 0 Å². The molecular weight excluding hydrogens is 308 g/mol. The van der Waals surface area contributed by atoms with Crippen LogP contribution in [-0.4, -0.2) is 6.61 Å². The molecule has 0 saturated carbocycles. The van der Waals surface area contributed by atoms with Crippen molar-refractivity contribution in [3.63, 3.8) is 0 Å². The molecule has 0 aliphatic rings. The predicted molar refractivity (Wildman–Crippen MR) is 104 cm³/mol. The molecule has 0 aromatic heterocycles. The van der Waals surface area contributed by atoms with Crippen molar-refractivity contribution in [3.8, 4) is 11.5 Å². The molecule has 0 radical (unpaired) electrons. The Hall–Kier alpha value is -3.00. The molecule has 25 heavy (non-hydrogen) atoms. The first-order valence-corrected chi connectivity index (χ1v) is 8.52. The second-order valence-electron chi connectivity index (χ2n) is 5.65. The van der Waals surface area contributed by atoms with Gasteiger partial charge < -0.3 is 9.47 Å². The zero-order valence-corrected chi connectivity index (χ0v) is 14.4. The minimum absolute atomic E-state index is 0.564. The van der Waals surface area contributed by atoms with Gasteiger partial charge in [-0.1, -0.05) is 72.8 Å². The Morgan fingerprint density at radius 3 is 2.20 bits per heavy atom. The van der Waals surface area contributed by atoms with Gasteiger partial charge in [0.1, 0.15) is 18.1 Å². The van der Waals surface area contributed by atoms with Crippen LogP contribution in [-0.2, 0) is 6.61 Å². The smallest absolute Gasteiger partial charge is 0.127 e. The van der Waals surface area contributed by atoms with Crippen LogP contribution >= 0.6 is 0 Å². The molecule has 0 amide bonds. The topological polar surface area (TPSA) is 18.5 Å². The highest BCUT2D eigenvalue weighted by molar-refractivity contribution is 5.72. The summed E-state index contributed by atoms with van der Waals surface area (Å²) >= 11 is 0. The lowest BCUT2D eigenvalue weighted by Crippen LogP contribution is -1.96. The third-order valence-electron chi connectivity index (χ3n) is 3.80. The highest BCUT2D eigenvalue weighted by atomic mass is 16.5. The Labute approximate surface area is 149 Å². The quantitative estimate of drug-likeness (QED) is 0.507. The molecule has 0 fully saturated rings. The lowest BCUT2D eigenvalue weighted by atomic mass is 10.1. The second-order valence-corrected chi connectivity index (χ2v) is 5.65. The van der Waals surface area contributed by atoms with Crippen LogP contribution in [0.15, 0.2) is 78.9 Å². The van der Waals surface area contributed by atoms with Gasteiger partial charge in [-0.3, -0.25) is 0 Å². The lowest BCUT2D eigenvalue weighted by molar-refractivity contribution is 0.305. The molecule has 0 N–H and O–H groups in total. The number of hydrogen-bond acceptors (Lipinski definition) is 2. The van der Waals surface area contributed by atoms with E-state index < -0.39 is 0 Å². The van der Waals surface area contributed by atoms with Crippen molar-refractivity contribution < 1.29 is 9.47 Å². The molecule has 0 heterocycles. The van der Waals surface area contributed by atoms with Gasteiger partial charge in [-0.15, -0.1) is 0 Å². The molecule has 2 nitrogen and oxygen atoms in total. The van der Waals surface area contributed by atoms with Crippen LogP contribution in [0.2, 0.25) is 0 Å². The fourth-order valence-corrected chi connectivity index (χ4v) is 2.51. The number of hydrogen-bond donors (Lipinski definition) is 0. The third kappa shape index (κ3) is 4.98. The summed E-state index contributed by atoms with van der Waals surface area (Å²) in [7, 11) is 0. The van der Waals surface area contributed by atoms with Crippen LogP contribution < -0.4 is 9.47 Å². The fraction of sp³-hybridized carbons (Fsp3) is 0.130. The molecule has 0 bridgehead atoms. The minimum Gasteiger partial charge on any atom is -0.494 e. The molecule has 0 atom stereocenters. The summed E-state index contributed by atoms with van der Waals surface area (Å²) in [6.07, 6.45) is 4.16. The van der Waals surface area contributed by atoms with Crippen LogP contribution in [0.3, 0.4) is 0 Å². The average Bonchev–Trinajstić information content (AvgIpc) is 2.67. The zero-order valence-electron chi connectivity index (χ0n) is 14.4. The van der Waals surface area contributed by atoms with E-state index in [0.29, 0.717) is 13.2 Å². The second kappa shape index (κ2) is 8.74. The van der Waals surface area contributed by atoms with E-state index in [1.807, 2.05) is 55.5 Å². The van der Waals surface area contributed by atoms with E-state index in [-0.39, 0.29) is 0 Å². The van der Waals surface area contributed by atoms with Crippen LogP contribution in [0.25, 0.3) is 12.2 Å². The van der Waals surface area contributed by atoms with E-state index in [9.17, 15) is 0 Å². The molecule has 0 aliphatic heterocycles. The first-order chi connectivity index (χ1) is 12.3. The Morgan fingerprint density at radius 2 is 1.44 bits per heavy atom. The maximum absolute atomic E-state index is 5.99. The van der Waals surface area contributed by atoms with Crippen molar-refractivity contribution in [1.82, 2.24) is 0 Å². The molecule has 0 unspecified atom stereocenters. The van der Waals surface area contributed by atoms with Gasteiger partial charge in [0.05, 0.1) is 6.61 Å². The van der Waals surface area contributed by atoms with Crippen LogP contribution in [0.5, 0.6) is 11.5 Å². The standard InChI is InChI=1S/C23H22O2/c1-2-24-22-16-13-19(14-17-22)12-15-21-10-6-7-11-23(21)25-18-20-8-4-3-5-9-20/h3-17H,2,18H2,1H3/b15-12+. The van der Waals surface area contributed by atoms with Gasteiger partial charge >= 0.3 is 0 Å². The van der Waals surface area contributed by atoms with E-state index in [1.165, 1.54) is 0 Å².